The molecule has 3 nitrogen and oxygen atoms in total. The van der Waals surface area contributed by atoms with Crippen LogP contribution in [0.25, 0.3) is 0 Å². The molecule has 1 aliphatic heterocycles. The van der Waals surface area contributed by atoms with Crippen LogP contribution < -0.4 is 5.32 Å². The summed E-state index contributed by atoms with van der Waals surface area (Å²) in [4.78, 5) is 0. The number of nitrogens with one attached hydrogen (secondary N) is 1. The molecule has 1 N–H and O–H groups in total. The van der Waals surface area contributed by atoms with Crippen LogP contribution in [0.1, 0.15) is 39.5 Å². The third-order valence-corrected chi connectivity index (χ3v) is 5.50. The van der Waals surface area contributed by atoms with Crippen LogP contribution in [-0.4, -0.2) is 38.7 Å². The Morgan fingerprint density at radius 2 is 2.18 bits per heavy atom. The molecule has 2 unspecified atom stereocenters. The smallest absolute Gasteiger partial charge is 0.150 e. The standard InChI is InChI=1S/C12H24FNO2S/c1-3-17(15,16)9-5-7-12(2,13)11-6-4-8-14-10-11/h11,14H,3-10H2,1-2H3. The van der Waals surface area contributed by atoms with Crippen molar-refractivity contribution in [1.82, 2.24) is 5.32 Å². The van der Waals surface area contributed by atoms with Gasteiger partial charge in [0.25, 0.3) is 0 Å². The molecule has 0 aromatic heterocycles. The maximum absolute atomic E-state index is 14.4. The fraction of sp³-hybridized carbons (Fsp3) is 1.00. The highest BCUT2D eigenvalue weighted by molar-refractivity contribution is 7.91. The van der Waals surface area contributed by atoms with Crippen molar-refractivity contribution < 1.29 is 12.8 Å². The first-order valence-electron chi connectivity index (χ1n) is 6.47. The molecule has 2 atom stereocenters. The van der Waals surface area contributed by atoms with Gasteiger partial charge in [-0.15, -0.1) is 0 Å². The summed E-state index contributed by atoms with van der Waals surface area (Å²) < 4.78 is 37.1. The Labute approximate surface area is 104 Å². The predicted molar refractivity (Wildman–Crippen MR) is 68.7 cm³/mol. The topological polar surface area (TPSA) is 46.2 Å². The zero-order valence-corrected chi connectivity index (χ0v) is 11.7. The van der Waals surface area contributed by atoms with Crippen molar-refractivity contribution in [3.8, 4) is 0 Å². The molecular weight excluding hydrogens is 241 g/mol. The minimum Gasteiger partial charge on any atom is -0.316 e. The lowest BCUT2D eigenvalue weighted by Crippen LogP contribution is -2.41. The maximum Gasteiger partial charge on any atom is 0.150 e. The second-order valence-corrected chi connectivity index (χ2v) is 7.63. The predicted octanol–water partition coefficient (Wildman–Crippen LogP) is 1.93. The second kappa shape index (κ2) is 6.14. The van der Waals surface area contributed by atoms with Crippen molar-refractivity contribution in [3.63, 3.8) is 0 Å². The highest BCUT2D eigenvalue weighted by Crippen LogP contribution is 2.32. The van der Waals surface area contributed by atoms with Gasteiger partial charge < -0.3 is 5.32 Å². The molecule has 0 aromatic rings. The van der Waals surface area contributed by atoms with E-state index in [0.29, 0.717) is 19.4 Å². The van der Waals surface area contributed by atoms with Gasteiger partial charge in [-0.05, 0) is 39.2 Å². The molecule has 1 heterocycles. The van der Waals surface area contributed by atoms with Gasteiger partial charge in [0.15, 0.2) is 0 Å². The van der Waals surface area contributed by atoms with Gasteiger partial charge >= 0.3 is 0 Å². The van der Waals surface area contributed by atoms with Gasteiger partial charge in [-0.3, -0.25) is 0 Å². The first kappa shape index (κ1) is 14.9. The molecule has 5 heteroatoms. The Kier molecular flexibility index (Phi) is 5.38. The lowest BCUT2D eigenvalue weighted by atomic mass is 9.82. The fourth-order valence-corrected chi connectivity index (χ4v) is 3.22. The molecule has 17 heavy (non-hydrogen) atoms. The van der Waals surface area contributed by atoms with E-state index in [2.05, 4.69) is 5.32 Å². The molecule has 0 bridgehead atoms. The third kappa shape index (κ3) is 4.92. The van der Waals surface area contributed by atoms with Crippen molar-refractivity contribution in [3.05, 3.63) is 0 Å². The van der Waals surface area contributed by atoms with E-state index in [-0.39, 0.29) is 17.4 Å². The lowest BCUT2D eigenvalue weighted by molar-refractivity contribution is 0.0732. The first-order valence-corrected chi connectivity index (χ1v) is 8.29. The van der Waals surface area contributed by atoms with Gasteiger partial charge in [-0.2, -0.15) is 0 Å². The fourth-order valence-electron chi connectivity index (χ4n) is 2.35. The van der Waals surface area contributed by atoms with Crippen LogP contribution in [0.3, 0.4) is 0 Å². The average molecular weight is 265 g/mol. The van der Waals surface area contributed by atoms with Crippen LogP contribution in [0.4, 0.5) is 4.39 Å². The molecule has 102 valence electrons. The number of alkyl halides is 1. The zero-order valence-electron chi connectivity index (χ0n) is 10.8. The summed E-state index contributed by atoms with van der Waals surface area (Å²) in [5, 5.41) is 3.20. The molecule has 1 rings (SSSR count). The SMILES string of the molecule is CCS(=O)(=O)CCCC(C)(F)C1CCCNC1. The summed E-state index contributed by atoms with van der Waals surface area (Å²) in [6.07, 6.45) is 2.69. The Hall–Kier alpha value is -0.160. The molecule has 0 saturated carbocycles. The van der Waals surface area contributed by atoms with Crippen LogP contribution in [0.15, 0.2) is 0 Å². The summed E-state index contributed by atoms with van der Waals surface area (Å²) in [5.41, 5.74) is -1.24. The second-order valence-electron chi connectivity index (χ2n) is 5.16. The van der Waals surface area contributed by atoms with Gasteiger partial charge in [0, 0.05) is 18.2 Å². The molecule has 0 spiro atoms. The molecule has 1 saturated heterocycles. The van der Waals surface area contributed by atoms with Gasteiger partial charge in [0.05, 0.1) is 5.75 Å². The minimum absolute atomic E-state index is 0.0283. The van der Waals surface area contributed by atoms with E-state index in [1.165, 1.54) is 0 Å². The van der Waals surface area contributed by atoms with Crippen molar-refractivity contribution in [2.75, 3.05) is 24.6 Å². The van der Waals surface area contributed by atoms with Gasteiger partial charge in [0.1, 0.15) is 15.5 Å². The summed E-state index contributed by atoms with van der Waals surface area (Å²) in [5.74, 6) is 0.296. The first-order chi connectivity index (χ1) is 7.87. The van der Waals surface area contributed by atoms with Crippen LogP contribution in [0.5, 0.6) is 0 Å². The minimum atomic E-state index is -2.95. The number of rotatable bonds is 6. The molecule has 0 amide bonds. The quantitative estimate of drug-likeness (QED) is 0.798. The molecular formula is C12H24FNO2S. The molecule has 0 aliphatic carbocycles. The molecule has 1 fully saturated rings. The Bertz CT molecular complexity index is 321. The summed E-state index contributed by atoms with van der Waals surface area (Å²) in [6, 6.07) is 0. The average Bonchev–Trinajstić information content (AvgIpc) is 2.30. The van der Waals surface area contributed by atoms with E-state index < -0.39 is 15.5 Å². The van der Waals surface area contributed by atoms with Crippen molar-refractivity contribution in [2.24, 2.45) is 5.92 Å². The van der Waals surface area contributed by atoms with E-state index in [1.807, 2.05) is 0 Å². The van der Waals surface area contributed by atoms with E-state index in [9.17, 15) is 12.8 Å². The Morgan fingerprint density at radius 1 is 1.47 bits per heavy atom. The van der Waals surface area contributed by atoms with Crippen molar-refractivity contribution >= 4 is 9.84 Å². The van der Waals surface area contributed by atoms with Gasteiger partial charge in [0.2, 0.25) is 0 Å². The zero-order chi connectivity index (χ0) is 12.9. The van der Waals surface area contributed by atoms with Crippen LogP contribution >= 0.6 is 0 Å². The van der Waals surface area contributed by atoms with Gasteiger partial charge in [-0.25, -0.2) is 12.8 Å². The Morgan fingerprint density at radius 3 is 2.71 bits per heavy atom. The largest absolute Gasteiger partial charge is 0.316 e. The van der Waals surface area contributed by atoms with Crippen molar-refractivity contribution in [2.45, 2.75) is 45.2 Å². The molecule has 0 aromatic carbocycles. The van der Waals surface area contributed by atoms with Crippen LogP contribution in [-0.2, 0) is 9.84 Å². The normalized spacial score (nSPS) is 25.5. The summed E-state index contributed by atoms with van der Waals surface area (Å²) >= 11 is 0. The summed E-state index contributed by atoms with van der Waals surface area (Å²) in [7, 11) is -2.95. The summed E-state index contributed by atoms with van der Waals surface area (Å²) in [6.45, 7) is 4.93. The molecule has 1 aliphatic rings. The molecule has 0 radical (unpaired) electrons. The number of piperidine rings is 1. The number of sulfone groups is 1. The number of halogens is 1. The highest BCUT2D eigenvalue weighted by Gasteiger charge is 2.34. The number of hydrogen-bond acceptors (Lipinski definition) is 3. The van der Waals surface area contributed by atoms with E-state index >= 15 is 0 Å². The lowest BCUT2D eigenvalue weighted by Gasteiger charge is -2.33. The van der Waals surface area contributed by atoms with E-state index in [4.69, 9.17) is 0 Å². The number of hydrogen-bond donors (Lipinski definition) is 1. The van der Waals surface area contributed by atoms with Crippen LogP contribution in [0, 0.1) is 5.92 Å². The highest BCUT2D eigenvalue weighted by atomic mass is 32.2. The monoisotopic (exact) mass is 265 g/mol. The maximum atomic E-state index is 14.4. The van der Waals surface area contributed by atoms with Gasteiger partial charge in [-0.1, -0.05) is 6.92 Å². The van der Waals surface area contributed by atoms with Crippen LogP contribution in [0.2, 0.25) is 0 Å². The Balaban J connectivity index is 2.38. The van der Waals surface area contributed by atoms with E-state index in [1.54, 1.807) is 13.8 Å². The third-order valence-electron chi connectivity index (χ3n) is 3.71. The van der Waals surface area contributed by atoms with E-state index in [0.717, 1.165) is 19.4 Å². The van der Waals surface area contributed by atoms with Crippen molar-refractivity contribution in [1.29, 1.82) is 0 Å².